The first-order chi connectivity index (χ1) is 7.11. The SMILES string of the molecule is O=C([O-])C[C@@H](C(=O)[O-])N1C2=C1CCC=C2.[Na+].[Na+]. The van der Waals surface area contributed by atoms with Crippen LogP contribution in [0.5, 0.6) is 0 Å². The molecule has 0 amide bonds. The van der Waals surface area contributed by atoms with Gasteiger partial charge in [0.05, 0.1) is 17.7 Å². The van der Waals surface area contributed by atoms with Crippen LogP contribution in [0.3, 0.4) is 0 Å². The second-order valence-corrected chi connectivity index (χ2v) is 3.55. The zero-order valence-corrected chi connectivity index (χ0v) is 13.9. The number of carbonyl (C=O) groups is 2. The Morgan fingerprint density at radius 2 is 2.00 bits per heavy atom. The molecule has 0 radical (unpaired) electrons. The molecule has 2 rings (SSSR count). The van der Waals surface area contributed by atoms with Crippen molar-refractivity contribution in [2.75, 3.05) is 0 Å². The molecule has 1 heterocycles. The molecule has 0 saturated heterocycles. The average Bonchev–Trinajstić information content (AvgIpc) is 2.87. The summed E-state index contributed by atoms with van der Waals surface area (Å²) in [7, 11) is 0. The molecule has 0 N–H and O–H groups in total. The van der Waals surface area contributed by atoms with Crippen LogP contribution < -0.4 is 69.3 Å². The quantitative estimate of drug-likeness (QED) is 0.465. The fourth-order valence-corrected chi connectivity index (χ4v) is 1.86. The predicted molar refractivity (Wildman–Crippen MR) is 45.7 cm³/mol. The maximum atomic E-state index is 10.8. The molecule has 5 nitrogen and oxygen atoms in total. The van der Waals surface area contributed by atoms with Crippen LogP contribution in [0.25, 0.3) is 0 Å². The van der Waals surface area contributed by atoms with Crippen molar-refractivity contribution in [3.05, 3.63) is 23.5 Å². The minimum atomic E-state index is -1.38. The summed E-state index contributed by atoms with van der Waals surface area (Å²) < 4.78 is 0. The summed E-state index contributed by atoms with van der Waals surface area (Å²) in [6, 6.07) is -1.12. The van der Waals surface area contributed by atoms with Gasteiger partial charge in [-0.1, -0.05) is 6.08 Å². The van der Waals surface area contributed by atoms with Crippen molar-refractivity contribution in [3.63, 3.8) is 0 Å². The normalized spacial score (nSPS) is 17.5. The van der Waals surface area contributed by atoms with Gasteiger partial charge in [0.15, 0.2) is 0 Å². The minimum absolute atomic E-state index is 0. The van der Waals surface area contributed by atoms with Gasteiger partial charge in [0.1, 0.15) is 0 Å². The summed E-state index contributed by atoms with van der Waals surface area (Å²) in [5.74, 6) is -2.75. The van der Waals surface area contributed by atoms with E-state index in [9.17, 15) is 19.8 Å². The number of rotatable bonds is 4. The first kappa shape index (κ1) is 17.2. The minimum Gasteiger partial charge on any atom is -0.550 e. The molecule has 1 aliphatic carbocycles. The van der Waals surface area contributed by atoms with Gasteiger partial charge in [0, 0.05) is 18.1 Å². The van der Waals surface area contributed by atoms with Crippen molar-refractivity contribution in [2.24, 2.45) is 0 Å². The van der Waals surface area contributed by atoms with E-state index in [4.69, 9.17) is 0 Å². The van der Waals surface area contributed by atoms with Crippen molar-refractivity contribution in [2.45, 2.75) is 25.3 Å². The van der Waals surface area contributed by atoms with E-state index in [1.54, 1.807) is 0 Å². The van der Waals surface area contributed by atoms with E-state index in [1.165, 1.54) is 4.90 Å². The van der Waals surface area contributed by atoms with Crippen molar-refractivity contribution >= 4 is 11.9 Å². The summed E-state index contributed by atoms with van der Waals surface area (Å²) in [6.45, 7) is 0. The van der Waals surface area contributed by atoms with Crippen LogP contribution in [0.1, 0.15) is 19.3 Å². The second kappa shape index (κ2) is 6.97. The van der Waals surface area contributed by atoms with Gasteiger partial charge in [0.2, 0.25) is 0 Å². The number of carbonyl (C=O) groups excluding carboxylic acids is 2. The molecule has 0 aromatic heterocycles. The van der Waals surface area contributed by atoms with Gasteiger partial charge >= 0.3 is 59.1 Å². The van der Waals surface area contributed by atoms with E-state index in [1.807, 2.05) is 12.2 Å². The summed E-state index contributed by atoms with van der Waals surface area (Å²) in [5, 5.41) is 21.2. The number of aliphatic carboxylic acids is 2. The van der Waals surface area contributed by atoms with E-state index in [2.05, 4.69) is 0 Å². The number of nitrogens with zero attached hydrogens (tertiary/aromatic N) is 1. The van der Waals surface area contributed by atoms with Crippen LogP contribution in [-0.4, -0.2) is 22.9 Å². The monoisotopic (exact) mass is 253 g/mol. The molecular weight excluding hydrogens is 244 g/mol. The fourth-order valence-electron chi connectivity index (χ4n) is 1.86. The number of carboxylic acids is 2. The fraction of sp³-hybridized carbons (Fsp3) is 0.400. The van der Waals surface area contributed by atoms with Crippen molar-refractivity contribution in [1.82, 2.24) is 4.90 Å². The number of allylic oxidation sites excluding steroid dienone is 3. The Morgan fingerprint density at radius 3 is 2.41 bits per heavy atom. The third kappa shape index (κ3) is 3.84. The molecule has 1 aliphatic heterocycles. The molecular formula is C10H9NNa2O4. The van der Waals surface area contributed by atoms with E-state index >= 15 is 0 Å². The van der Waals surface area contributed by atoms with Gasteiger partial charge in [-0.2, -0.15) is 0 Å². The Kier molecular flexibility index (Phi) is 7.06. The first-order valence-electron chi connectivity index (χ1n) is 4.71. The standard InChI is InChI=1S/C10H11NO4.2Na/c12-9(13)5-8(10(14)15)11-6-3-1-2-4-7(6)11;;/h1,3,8H,2,4-5H2,(H,12,13)(H,14,15);;/q;2*+1/p-2/t8-,11?;;/m0../s1. The third-order valence-electron chi connectivity index (χ3n) is 2.56. The first-order valence-corrected chi connectivity index (χ1v) is 4.71. The van der Waals surface area contributed by atoms with Gasteiger partial charge in [-0.05, 0) is 18.9 Å². The summed E-state index contributed by atoms with van der Waals surface area (Å²) in [5.41, 5.74) is 1.73. The van der Waals surface area contributed by atoms with Crippen LogP contribution in [-0.2, 0) is 9.59 Å². The zero-order chi connectivity index (χ0) is 11.0. The van der Waals surface area contributed by atoms with Gasteiger partial charge < -0.3 is 24.7 Å². The van der Waals surface area contributed by atoms with Crippen molar-refractivity contribution in [1.29, 1.82) is 0 Å². The summed E-state index contributed by atoms with van der Waals surface area (Å²) >= 11 is 0. The Morgan fingerprint density at radius 1 is 1.35 bits per heavy atom. The number of carboxylic acid groups (broad SMARTS) is 2. The molecule has 0 spiro atoms. The molecule has 0 bridgehead atoms. The largest absolute Gasteiger partial charge is 1.00 e. The maximum Gasteiger partial charge on any atom is 1.00 e. The van der Waals surface area contributed by atoms with Crippen molar-refractivity contribution < 1.29 is 78.9 Å². The van der Waals surface area contributed by atoms with Crippen LogP contribution in [0.4, 0.5) is 0 Å². The Labute approximate surface area is 143 Å². The molecule has 0 saturated carbocycles. The number of hydrogen-bond donors (Lipinski definition) is 0. The van der Waals surface area contributed by atoms with Gasteiger partial charge in [0.25, 0.3) is 0 Å². The molecule has 0 aromatic carbocycles. The van der Waals surface area contributed by atoms with E-state index < -0.39 is 24.4 Å². The summed E-state index contributed by atoms with van der Waals surface area (Å²) in [6.07, 6.45) is 4.83. The van der Waals surface area contributed by atoms with Crippen molar-refractivity contribution in [3.8, 4) is 0 Å². The van der Waals surface area contributed by atoms with Crippen LogP contribution in [0.2, 0.25) is 0 Å². The van der Waals surface area contributed by atoms with Gasteiger partial charge in [-0.15, -0.1) is 0 Å². The Bertz CT molecular complexity index is 392. The average molecular weight is 253 g/mol. The Hall–Kier alpha value is 0.220. The second-order valence-electron chi connectivity index (χ2n) is 3.55. The molecule has 2 aliphatic rings. The number of hydrogen-bond acceptors (Lipinski definition) is 5. The molecule has 0 unspecified atom stereocenters. The maximum absolute atomic E-state index is 10.8. The molecule has 0 fully saturated rings. The van der Waals surface area contributed by atoms with E-state index in [0.29, 0.717) is 0 Å². The topological polar surface area (TPSA) is 83.3 Å². The van der Waals surface area contributed by atoms with Crippen LogP contribution in [0, 0.1) is 0 Å². The predicted octanol–water partition coefficient (Wildman–Crippen LogP) is -7.87. The van der Waals surface area contributed by atoms with Gasteiger partial charge in [-0.25, -0.2) is 0 Å². The van der Waals surface area contributed by atoms with Gasteiger partial charge in [-0.3, -0.25) is 0 Å². The zero-order valence-electron chi connectivity index (χ0n) is 9.93. The molecule has 1 atom stereocenters. The third-order valence-corrected chi connectivity index (χ3v) is 2.56. The van der Waals surface area contributed by atoms with Crippen LogP contribution in [0.15, 0.2) is 23.5 Å². The van der Waals surface area contributed by atoms with E-state index in [0.717, 1.165) is 24.2 Å². The summed E-state index contributed by atoms with van der Waals surface area (Å²) in [4.78, 5) is 22.7. The Balaban J connectivity index is 0.00000128. The van der Waals surface area contributed by atoms with Crippen LogP contribution >= 0.6 is 0 Å². The van der Waals surface area contributed by atoms with E-state index in [-0.39, 0.29) is 59.1 Å². The molecule has 17 heavy (non-hydrogen) atoms. The molecule has 0 aromatic rings. The molecule has 7 heteroatoms. The molecule has 80 valence electrons. The smallest absolute Gasteiger partial charge is 0.550 e.